The maximum Gasteiger partial charge on any atom is 0.319 e. The number of carbonyl (C=O) groups is 1. The summed E-state index contributed by atoms with van der Waals surface area (Å²) in [5.41, 5.74) is 0.750. The highest BCUT2D eigenvalue weighted by Gasteiger charge is 2.20. The van der Waals surface area contributed by atoms with Crippen LogP contribution >= 0.6 is 0 Å². The van der Waals surface area contributed by atoms with Crippen molar-refractivity contribution in [1.82, 2.24) is 9.80 Å². The van der Waals surface area contributed by atoms with Gasteiger partial charge in [-0.25, -0.2) is 4.79 Å². The van der Waals surface area contributed by atoms with Crippen molar-refractivity contribution in [3.8, 4) is 5.75 Å². The quantitative estimate of drug-likeness (QED) is 0.832. The molecule has 4 heteroatoms. The highest BCUT2D eigenvalue weighted by Crippen LogP contribution is 2.27. The fraction of sp³-hybridized carbons (Fsp3) is 0.417. The van der Waals surface area contributed by atoms with Gasteiger partial charge in [-0.2, -0.15) is 0 Å². The van der Waals surface area contributed by atoms with Gasteiger partial charge in [-0.3, -0.25) is 0 Å². The molecule has 0 bridgehead atoms. The van der Waals surface area contributed by atoms with E-state index in [-0.39, 0.29) is 17.8 Å². The van der Waals surface area contributed by atoms with E-state index in [9.17, 15) is 9.90 Å². The molecule has 2 amide bonds. The third-order valence-electron chi connectivity index (χ3n) is 2.65. The summed E-state index contributed by atoms with van der Waals surface area (Å²) < 4.78 is 0. The summed E-state index contributed by atoms with van der Waals surface area (Å²) in [7, 11) is 5.13. The Bertz CT molecular complexity index is 377. The summed E-state index contributed by atoms with van der Waals surface area (Å²) in [4.78, 5) is 14.8. The standard InChI is InChI=1S/C12H18N2O2/c1-9(14(4)12(16)13(2)3)10-7-5-6-8-11(10)15/h5-9,15H,1-4H3. The molecule has 1 aromatic rings. The van der Waals surface area contributed by atoms with Crippen LogP contribution in [0.5, 0.6) is 5.75 Å². The largest absolute Gasteiger partial charge is 0.508 e. The van der Waals surface area contributed by atoms with Crippen LogP contribution in [0.3, 0.4) is 0 Å². The normalized spacial score (nSPS) is 12.0. The second kappa shape index (κ2) is 4.88. The van der Waals surface area contributed by atoms with E-state index in [0.717, 1.165) is 5.56 Å². The molecule has 1 aromatic carbocycles. The Hall–Kier alpha value is -1.71. The summed E-state index contributed by atoms with van der Waals surface area (Å²) in [6, 6.07) is 6.81. The second-order valence-electron chi connectivity index (χ2n) is 4.02. The maximum atomic E-state index is 11.7. The minimum Gasteiger partial charge on any atom is -0.508 e. The highest BCUT2D eigenvalue weighted by atomic mass is 16.3. The van der Waals surface area contributed by atoms with Crippen molar-refractivity contribution in [3.63, 3.8) is 0 Å². The Balaban J connectivity index is 2.90. The number of phenolic OH excluding ortho intramolecular Hbond substituents is 1. The summed E-state index contributed by atoms with van der Waals surface area (Å²) >= 11 is 0. The third-order valence-corrected chi connectivity index (χ3v) is 2.65. The molecule has 88 valence electrons. The Morgan fingerprint density at radius 2 is 1.81 bits per heavy atom. The van der Waals surface area contributed by atoms with Crippen LogP contribution in [-0.2, 0) is 0 Å². The van der Waals surface area contributed by atoms with Crippen molar-refractivity contribution in [3.05, 3.63) is 29.8 Å². The molecule has 16 heavy (non-hydrogen) atoms. The number of rotatable bonds is 2. The van der Waals surface area contributed by atoms with Gasteiger partial charge in [0.1, 0.15) is 5.75 Å². The van der Waals surface area contributed by atoms with E-state index >= 15 is 0 Å². The first kappa shape index (κ1) is 12.4. The molecule has 0 saturated carbocycles. The van der Waals surface area contributed by atoms with Gasteiger partial charge in [0, 0.05) is 26.7 Å². The van der Waals surface area contributed by atoms with Gasteiger partial charge in [0.15, 0.2) is 0 Å². The third kappa shape index (κ3) is 2.45. The number of benzene rings is 1. The average Bonchev–Trinajstić information content (AvgIpc) is 2.26. The minimum atomic E-state index is -0.156. The molecular formula is C12H18N2O2. The number of urea groups is 1. The number of para-hydroxylation sites is 1. The van der Waals surface area contributed by atoms with Gasteiger partial charge < -0.3 is 14.9 Å². The molecule has 0 aliphatic heterocycles. The van der Waals surface area contributed by atoms with Crippen LogP contribution in [0.4, 0.5) is 4.79 Å². The molecule has 0 heterocycles. The molecule has 0 aliphatic carbocycles. The summed E-state index contributed by atoms with van der Waals surface area (Å²) in [5, 5.41) is 9.70. The second-order valence-corrected chi connectivity index (χ2v) is 4.02. The van der Waals surface area contributed by atoms with Gasteiger partial charge >= 0.3 is 6.03 Å². The molecular weight excluding hydrogens is 204 g/mol. The number of hydrogen-bond donors (Lipinski definition) is 1. The van der Waals surface area contributed by atoms with Crippen LogP contribution in [0.2, 0.25) is 0 Å². The number of phenols is 1. The van der Waals surface area contributed by atoms with E-state index in [2.05, 4.69) is 0 Å². The predicted molar refractivity (Wildman–Crippen MR) is 63.4 cm³/mol. The van der Waals surface area contributed by atoms with Crippen LogP contribution in [-0.4, -0.2) is 42.1 Å². The summed E-state index contributed by atoms with van der Waals surface area (Å²) in [6.07, 6.45) is 0. The zero-order chi connectivity index (χ0) is 12.3. The average molecular weight is 222 g/mol. The van der Waals surface area contributed by atoms with Gasteiger partial charge in [-0.1, -0.05) is 18.2 Å². The van der Waals surface area contributed by atoms with Crippen molar-refractivity contribution >= 4 is 6.03 Å². The molecule has 0 spiro atoms. The predicted octanol–water partition coefficient (Wildman–Crippen LogP) is 2.07. The fourth-order valence-corrected chi connectivity index (χ4v) is 1.53. The Morgan fingerprint density at radius 3 is 2.31 bits per heavy atom. The molecule has 0 aliphatic rings. The number of nitrogens with zero attached hydrogens (tertiary/aromatic N) is 2. The molecule has 0 fully saturated rings. The maximum absolute atomic E-state index is 11.7. The van der Waals surface area contributed by atoms with Gasteiger partial charge in [-0.05, 0) is 13.0 Å². The topological polar surface area (TPSA) is 43.8 Å². The van der Waals surface area contributed by atoms with Crippen LogP contribution in [0.15, 0.2) is 24.3 Å². The van der Waals surface area contributed by atoms with Gasteiger partial charge in [0.25, 0.3) is 0 Å². The summed E-state index contributed by atoms with van der Waals surface area (Å²) in [6.45, 7) is 1.89. The number of amides is 2. The first-order chi connectivity index (χ1) is 7.45. The Morgan fingerprint density at radius 1 is 1.25 bits per heavy atom. The van der Waals surface area contributed by atoms with E-state index in [0.29, 0.717) is 0 Å². The molecule has 1 atom stereocenters. The molecule has 0 aromatic heterocycles. The molecule has 0 saturated heterocycles. The Kier molecular flexibility index (Phi) is 3.77. The molecule has 0 radical (unpaired) electrons. The molecule has 1 N–H and O–H groups in total. The Labute approximate surface area is 96.1 Å². The van der Waals surface area contributed by atoms with E-state index in [1.807, 2.05) is 19.1 Å². The highest BCUT2D eigenvalue weighted by molar-refractivity contribution is 5.74. The lowest BCUT2D eigenvalue weighted by atomic mass is 10.1. The van der Waals surface area contributed by atoms with Crippen LogP contribution < -0.4 is 0 Å². The van der Waals surface area contributed by atoms with Gasteiger partial charge in [-0.15, -0.1) is 0 Å². The number of carbonyl (C=O) groups excluding carboxylic acids is 1. The van der Waals surface area contributed by atoms with E-state index in [4.69, 9.17) is 0 Å². The number of hydrogen-bond acceptors (Lipinski definition) is 2. The van der Waals surface area contributed by atoms with E-state index < -0.39 is 0 Å². The molecule has 1 unspecified atom stereocenters. The minimum absolute atomic E-state index is 0.0873. The lowest BCUT2D eigenvalue weighted by Crippen LogP contribution is -2.37. The van der Waals surface area contributed by atoms with E-state index in [1.165, 1.54) is 4.90 Å². The smallest absolute Gasteiger partial charge is 0.319 e. The van der Waals surface area contributed by atoms with Crippen molar-refractivity contribution in [2.24, 2.45) is 0 Å². The van der Waals surface area contributed by atoms with Crippen molar-refractivity contribution in [2.45, 2.75) is 13.0 Å². The van der Waals surface area contributed by atoms with Crippen LogP contribution in [0.25, 0.3) is 0 Å². The molecule has 4 nitrogen and oxygen atoms in total. The fourth-order valence-electron chi connectivity index (χ4n) is 1.53. The van der Waals surface area contributed by atoms with Crippen molar-refractivity contribution in [2.75, 3.05) is 21.1 Å². The van der Waals surface area contributed by atoms with Crippen LogP contribution in [0.1, 0.15) is 18.5 Å². The monoisotopic (exact) mass is 222 g/mol. The van der Waals surface area contributed by atoms with Gasteiger partial charge in [0.05, 0.1) is 6.04 Å². The van der Waals surface area contributed by atoms with Crippen molar-refractivity contribution in [1.29, 1.82) is 0 Å². The lowest BCUT2D eigenvalue weighted by molar-refractivity contribution is 0.167. The lowest BCUT2D eigenvalue weighted by Gasteiger charge is -2.28. The van der Waals surface area contributed by atoms with E-state index in [1.54, 1.807) is 38.2 Å². The SMILES string of the molecule is CC(c1ccccc1O)N(C)C(=O)N(C)C. The van der Waals surface area contributed by atoms with Crippen LogP contribution in [0, 0.1) is 0 Å². The van der Waals surface area contributed by atoms with Crippen molar-refractivity contribution < 1.29 is 9.90 Å². The first-order valence-electron chi connectivity index (χ1n) is 5.17. The zero-order valence-corrected chi connectivity index (χ0v) is 10.1. The number of aromatic hydroxyl groups is 1. The van der Waals surface area contributed by atoms with Gasteiger partial charge in [0.2, 0.25) is 0 Å². The molecule has 1 rings (SSSR count). The first-order valence-corrected chi connectivity index (χ1v) is 5.17. The zero-order valence-electron chi connectivity index (χ0n) is 10.1. The summed E-state index contributed by atoms with van der Waals surface area (Å²) in [5.74, 6) is 0.216.